The van der Waals surface area contributed by atoms with Crippen LogP contribution in [-0.2, 0) is 4.79 Å². The smallest absolute Gasteiger partial charge is 0.307 e. The molecule has 2 rings (SSSR count). The van der Waals surface area contributed by atoms with Crippen LogP contribution in [-0.4, -0.2) is 17.6 Å². The second-order valence-corrected chi connectivity index (χ2v) is 4.35. The Bertz CT molecular complexity index is 462. The molecule has 2 unspecified atom stereocenters. The van der Waals surface area contributed by atoms with Crippen LogP contribution in [0.1, 0.15) is 23.6 Å². The van der Waals surface area contributed by atoms with Crippen molar-refractivity contribution in [1.29, 1.82) is 0 Å². The van der Waals surface area contributed by atoms with Gasteiger partial charge < -0.3 is 10.4 Å². The molecule has 0 aromatic heterocycles. The molecule has 0 amide bonds. The average molecular weight is 241 g/mol. The number of halogens is 2. The molecule has 0 radical (unpaired) electrons. The van der Waals surface area contributed by atoms with Gasteiger partial charge in [-0.3, -0.25) is 4.79 Å². The predicted octanol–water partition coefficient (Wildman–Crippen LogP) is 2.01. The van der Waals surface area contributed by atoms with Crippen molar-refractivity contribution in [3.8, 4) is 0 Å². The van der Waals surface area contributed by atoms with Crippen LogP contribution < -0.4 is 5.32 Å². The molecule has 2 N–H and O–H groups in total. The third-order valence-corrected chi connectivity index (χ3v) is 3.13. The lowest BCUT2D eigenvalue weighted by molar-refractivity contribution is -0.141. The van der Waals surface area contributed by atoms with Crippen LogP contribution in [0, 0.1) is 24.5 Å². The Kier molecular flexibility index (Phi) is 3.11. The molecule has 2 atom stereocenters. The van der Waals surface area contributed by atoms with Gasteiger partial charge in [-0.1, -0.05) is 0 Å². The number of carboxylic acids is 1. The summed E-state index contributed by atoms with van der Waals surface area (Å²) in [6.07, 6.45) is 0.286. The molecule has 1 saturated heterocycles. The standard InChI is InChI=1S/C12H13F2NO2/c1-6-2-10(14)8(4-9(6)13)11-3-7(5-15-11)12(16)17/h2,4,7,11,15H,3,5H2,1H3,(H,16,17). The first kappa shape index (κ1) is 12.0. The normalized spacial score (nSPS) is 23.9. The molecular formula is C12H13F2NO2. The molecule has 5 heteroatoms. The molecule has 17 heavy (non-hydrogen) atoms. The first-order valence-electron chi connectivity index (χ1n) is 5.40. The molecule has 0 spiro atoms. The van der Waals surface area contributed by atoms with Crippen molar-refractivity contribution in [2.75, 3.05) is 6.54 Å². The topological polar surface area (TPSA) is 49.3 Å². The summed E-state index contributed by atoms with van der Waals surface area (Å²) in [7, 11) is 0. The highest BCUT2D eigenvalue weighted by molar-refractivity contribution is 5.70. The Morgan fingerprint density at radius 1 is 1.41 bits per heavy atom. The molecule has 1 aliphatic rings. The molecule has 1 fully saturated rings. The molecule has 1 heterocycles. The highest BCUT2D eigenvalue weighted by Gasteiger charge is 2.31. The zero-order valence-corrected chi connectivity index (χ0v) is 9.34. The van der Waals surface area contributed by atoms with Crippen molar-refractivity contribution in [3.63, 3.8) is 0 Å². The van der Waals surface area contributed by atoms with E-state index in [0.29, 0.717) is 0 Å². The van der Waals surface area contributed by atoms with Gasteiger partial charge in [0.15, 0.2) is 0 Å². The zero-order chi connectivity index (χ0) is 12.6. The van der Waals surface area contributed by atoms with E-state index in [1.807, 2.05) is 0 Å². The number of rotatable bonds is 2. The molecule has 1 aliphatic heterocycles. The Morgan fingerprint density at radius 2 is 2.12 bits per heavy atom. The quantitative estimate of drug-likeness (QED) is 0.832. The fourth-order valence-electron chi connectivity index (χ4n) is 2.09. The van der Waals surface area contributed by atoms with E-state index in [1.54, 1.807) is 0 Å². The first-order valence-corrected chi connectivity index (χ1v) is 5.40. The summed E-state index contributed by atoms with van der Waals surface area (Å²) < 4.78 is 27.0. The van der Waals surface area contributed by atoms with Gasteiger partial charge in [0.25, 0.3) is 0 Å². The molecular weight excluding hydrogens is 228 g/mol. The van der Waals surface area contributed by atoms with Gasteiger partial charge in [-0.2, -0.15) is 0 Å². The van der Waals surface area contributed by atoms with E-state index < -0.39 is 29.6 Å². The van der Waals surface area contributed by atoms with E-state index in [-0.39, 0.29) is 24.1 Å². The van der Waals surface area contributed by atoms with Gasteiger partial charge >= 0.3 is 5.97 Å². The van der Waals surface area contributed by atoms with Crippen LogP contribution in [0.5, 0.6) is 0 Å². The Balaban J connectivity index is 2.24. The van der Waals surface area contributed by atoms with Gasteiger partial charge in [0.2, 0.25) is 0 Å². The van der Waals surface area contributed by atoms with Gasteiger partial charge in [0.05, 0.1) is 5.92 Å². The summed E-state index contributed by atoms with van der Waals surface area (Å²) >= 11 is 0. The van der Waals surface area contributed by atoms with Gasteiger partial charge in [-0.15, -0.1) is 0 Å². The number of carbonyl (C=O) groups is 1. The first-order chi connectivity index (χ1) is 7.99. The summed E-state index contributed by atoms with van der Waals surface area (Å²) in [5, 5.41) is 11.7. The van der Waals surface area contributed by atoms with E-state index >= 15 is 0 Å². The summed E-state index contributed by atoms with van der Waals surface area (Å²) in [5.41, 5.74) is 0.455. The van der Waals surface area contributed by atoms with Crippen molar-refractivity contribution in [2.45, 2.75) is 19.4 Å². The number of nitrogens with one attached hydrogen (secondary N) is 1. The largest absolute Gasteiger partial charge is 0.481 e. The van der Waals surface area contributed by atoms with E-state index in [0.717, 1.165) is 12.1 Å². The van der Waals surface area contributed by atoms with Crippen LogP contribution in [0.4, 0.5) is 8.78 Å². The lowest BCUT2D eigenvalue weighted by Crippen LogP contribution is -2.17. The van der Waals surface area contributed by atoms with Crippen molar-refractivity contribution in [1.82, 2.24) is 5.32 Å². The molecule has 0 aliphatic carbocycles. The molecule has 1 aromatic carbocycles. The second kappa shape index (κ2) is 4.41. The third-order valence-electron chi connectivity index (χ3n) is 3.13. The lowest BCUT2D eigenvalue weighted by atomic mass is 9.98. The van der Waals surface area contributed by atoms with Crippen molar-refractivity contribution < 1.29 is 18.7 Å². The van der Waals surface area contributed by atoms with E-state index in [4.69, 9.17) is 5.11 Å². The van der Waals surface area contributed by atoms with E-state index in [2.05, 4.69) is 5.32 Å². The van der Waals surface area contributed by atoms with Gasteiger partial charge in [0, 0.05) is 18.2 Å². The Morgan fingerprint density at radius 3 is 2.71 bits per heavy atom. The molecule has 0 bridgehead atoms. The average Bonchev–Trinajstić information content (AvgIpc) is 2.72. The number of carboxylic acid groups (broad SMARTS) is 1. The van der Waals surface area contributed by atoms with Gasteiger partial charge in [-0.05, 0) is 31.0 Å². The summed E-state index contributed by atoms with van der Waals surface area (Å²) in [4.78, 5) is 10.8. The number of aliphatic carboxylic acids is 1. The second-order valence-electron chi connectivity index (χ2n) is 4.35. The zero-order valence-electron chi connectivity index (χ0n) is 9.34. The maximum Gasteiger partial charge on any atom is 0.307 e. The fourth-order valence-corrected chi connectivity index (χ4v) is 2.09. The molecule has 92 valence electrons. The van der Waals surface area contributed by atoms with E-state index in [1.165, 1.54) is 6.92 Å². The minimum Gasteiger partial charge on any atom is -0.481 e. The summed E-state index contributed by atoms with van der Waals surface area (Å²) in [6, 6.07) is 1.86. The minimum atomic E-state index is -0.909. The fraction of sp³-hybridized carbons (Fsp3) is 0.417. The van der Waals surface area contributed by atoms with Crippen LogP contribution >= 0.6 is 0 Å². The van der Waals surface area contributed by atoms with Crippen LogP contribution in [0.2, 0.25) is 0 Å². The van der Waals surface area contributed by atoms with Crippen LogP contribution in [0.3, 0.4) is 0 Å². The number of hydrogen-bond acceptors (Lipinski definition) is 2. The van der Waals surface area contributed by atoms with Crippen molar-refractivity contribution >= 4 is 5.97 Å². The van der Waals surface area contributed by atoms with Crippen LogP contribution in [0.15, 0.2) is 12.1 Å². The number of benzene rings is 1. The predicted molar refractivity (Wildman–Crippen MR) is 57.6 cm³/mol. The Labute approximate surface area is 97.5 Å². The SMILES string of the molecule is Cc1cc(F)c(C2CC(C(=O)O)CN2)cc1F. The van der Waals surface area contributed by atoms with Gasteiger partial charge in [0.1, 0.15) is 11.6 Å². The van der Waals surface area contributed by atoms with Gasteiger partial charge in [-0.25, -0.2) is 8.78 Å². The Hall–Kier alpha value is -1.49. The minimum absolute atomic E-state index is 0.205. The number of aryl methyl sites for hydroxylation is 1. The molecule has 3 nitrogen and oxygen atoms in total. The van der Waals surface area contributed by atoms with Crippen molar-refractivity contribution in [3.05, 3.63) is 34.9 Å². The molecule has 0 saturated carbocycles. The highest BCUT2D eigenvalue weighted by atomic mass is 19.1. The summed E-state index contributed by atoms with van der Waals surface area (Å²) in [6.45, 7) is 1.78. The van der Waals surface area contributed by atoms with Crippen LogP contribution in [0.25, 0.3) is 0 Å². The number of hydrogen-bond donors (Lipinski definition) is 2. The van der Waals surface area contributed by atoms with E-state index in [9.17, 15) is 13.6 Å². The summed E-state index contributed by atoms with van der Waals surface area (Å²) in [5.74, 6) is -2.41. The maximum absolute atomic E-state index is 13.7. The maximum atomic E-state index is 13.7. The molecule has 1 aromatic rings. The third kappa shape index (κ3) is 2.29. The monoisotopic (exact) mass is 241 g/mol. The lowest BCUT2D eigenvalue weighted by Gasteiger charge is -2.12. The highest BCUT2D eigenvalue weighted by Crippen LogP contribution is 2.30. The van der Waals surface area contributed by atoms with Crippen molar-refractivity contribution in [2.24, 2.45) is 5.92 Å².